The first kappa shape index (κ1) is 10.7. The van der Waals surface area contributed by atoms with Crippen molar-refractivity contribution in [3.63, 3.8) is 0 Å². The number of aromatic nitrogens is 1. The van der Waals surface area contributed by atoms with Crippen molar-refractivity contribution in [1.82, 2.24) is 10.3 Å². The van der Waals surface area contributed by atoms with Crippen LogP contribution in [0.3, 0.4) is 0 Å². The molecule has 3 heterocycles. The number of nitrogens with zero attached hydrogens (tertiary/aromatic N) is 1. The van der Waals surface area contributed by atoms with E-state index in [1.54, 1.807) is 0 Å². The molecular weight excluding hydrogens is 220 g/mol. The molecule has 2 unspecified atom stereocenters. The van der Waals surface area contributed by atoms with Gasteiger partial charge in [0.1, 0.15) is 5.60 Å². The van der Waals surface area contributed by atoms with Gasteiger partial charge in [-0.15, -0.1) is 11.3 Å². The Morgan fingerprint density at radius 1 is 1.62 bits per heavy atom. The predicted molar refractivity (Wildman–Crippen MR) is 64.9 cm³/mol. The van der Waals surface area contributed by atoms with E-state index in [1.165, 1.54) is 22.7 Å². The molecular formula is C12H18N2OS. The van der Waals surface area contributed by atoms with E-state index < -0.39 is 0 Å². The van der Waals surface area contributed by atoms with E-state index in [-0.39, 0.29) is 5.60 Å². The van der Waals surface area contributed by atoms with Crippen LogP contribution in [-0.4, -0.2) is 24.7 Å². The smallest absolute Gasteiger partial charge is 0.101 e. The van der Waals surface area contributed by atoms with Crippen LogP contribution in [0.25, 0.3) is 0 Å². The molecule has 4 heteroatoms. The molecule has 16 heavy (non-hydrogen) atoms. The van der Waals surface area contributed by atoms with Crippen LogP contribution in [0.15, 0.2) is 6.20 Å². The normalized spacial score (nSPS) is 34.7. The summed E-state index contributed by atoms with van der Waals surface area (Å²) < 4.78 is 5.86. The third-order valence-corrected chi connectivity index (χ3v) is 5.08. The van der Waals surface area contributed by atoms with Gasteiger partial charge < -0.3 is 10.1 Å². The van der Waals surface area contributed by atoms with Gasteiger partial charge >= 0.3 is 0 Å². The number of thiazole rings is 1. The number of rotatable bonds is 2. The van der Waals surface area contributed by atoms with E-state index in [4.69, 9.17) is 4.74 Å². The van der Waals surface area contributed by atoms with E-state index in [2.05, 4.69) is 17.2 Å². The van der Waals surface area contributed by atoms with Crippen LogP contribution >= 0.6 is 11.3 Å². The van der Waals surface area contributed by atoms with Crippen molar-refractivity contribution in [2.75, 3.05) is 19.7 Å². The summed E-state index contributed by atoms with van der Waals surface area (Å²) in [5, 5.41) is 4.68. The summed E-state index contributed by atoms with van der Waals surface area (Å²) in [7, 11) is 0. The Morgan fingerprint density at radius 3 is 3.25 bits per heavy atom. The van der Waals surface area contributed by atoms with E-state index in [9.17, 15) is 0 Å². The molecule has 0 radical (unpaired) electrons. The van der Waals surface area contributed by atoms with Gasteiger partial charge in [0.15, 0.2) is 0 Å². The molecule has 2 atom stereocenters. The van der Waals surface area contributed by atoms with Crippen molar-refractivity contribution in [2.45, 2.75) is 37.7 Å². The third-order valence-electron chi connectivity index (χ3n) is 3.67. The second kappa shape index (κ2) is 4.09. The van der Waals surface area contributed by atoms with Crippen molar-refractivity contribution in [2.24, 2.45) is 0 Å². The summed E-state index contributed by atoms with van der Waals surface area (Å²) in [6.45, 7) is 5.32. The molecule has 2 aliphatic rings. The average Bonchev–Trinajstić information content (AvgIpc) is 2.98. The van der Waals surface area contributed by atoms with E-state index >= 15 is 0 Å². The van der Waals surface area contributed by atoms with Crippen molar-refractivity contribution >= 4 is 11.3 Å². The summed E-state index contributed by atoms with van der Waals surface area (Å²) in [6.07, 6.45) is 5.57. The summed E-state index contributed by atoms with van der Waals surface area (Å²) in [5.74, 6) is 0.628. The van der Waals surface area contributed by atoms with Crippen LogP contribution < -0.4 is 5.32 Å². The highest BCUT2D eigenvalue weighted by atomic mass is 32.1. The second-order valence-corrected chi connectivity index (χ2v) is 6.00. The molecule has 1 N–H and O–H groups in total. The zero-order valence-electron chi connectivity index (χ0n) is 9.66. The molecule has 3 nitrogen and oxygen atoms in total. The Balaban J connectivity index is 1.81. The molecule has 0 aliphatic carbocycles. The SMILES string of the molecule is CC1(c2cnc(C3CCNC3)s2)CCCO1. The topological polar surface area (TPSA) is 34.2 Å². The quantitative estimate of drug-likeness (QED) is 0.858. The Hall–Kier alpha value is -0.450. The van der Waals surface area contributed by atoms with Gasteiger partial charge in [0.2, 0.25) is 0 Å². The number of nitrogens with one attached hydrogen (secondary N) is 1. The molecule has 1 aromatic heterocycles. The number of hydrogen-bond acceptors (Lipinski definition) is 4. The van der Waals surface area contributed by atoms with E-state index in [0.717, 1.165) is 26.1 Å². The van der Waals surface area contributed by atoms with Crippen LogP contribution in [0, 0.1) is 0 Å². The lowest BCUT2D eigenvalue weighted by Crippen LogP contribution is -2.17. The third kappa shape index (κ3) is 1.79. The molecule has 2 aliphatic heterocycles. The summed E-state index contributed by atoms with van der Waals surface area (Å²) in [6, 6.07) is 0. The highest BCUT2D eigenvalue weighted by molar-refractivity contribution is 7.11. The highest BCUT2D eigenvalue weighted by Crippen LogP contribution is 2.40. The molecule has 2 fully saturated rings. The molecule has 88 valence electrons. The predicted octanol–water partition coefficient (Wildman–Crippen LogP) is 2.25. The van der Waals surface area contributed by atoms with Gasteiger partial charge in [-0.1, -0.05) is 0 Å². The van der Waals surface area contributed by atoms with E-state index in [0.29, 0.717) is 5.92 Å². The molecule has 2 saturated heterocycles. The highest BCUT2D eigenvalue weighted by Gasteiger charge is 2.34. The van der Waals surface area contributed by atoms with Crippen LogP contribution in [0.2, 0.25) is 0 Å². The van der Waals surface area contributed by atoms with Crippen molar-refractivity contribution in [3.05, 3.63) is 16.1 Å². The van der Waals surface area contributed by atoms with Crippen LogP contribution in [0.5, 0.6) is 0 Å². The Labute approximate surface area is 100 Å². The van der Waals surface area contributed by atoms with Crippen LogP contribution in [0.4, 0.5) is 0 Å². The molecule has 1 aromatic rings. The minimum absolute atomic E-state index is 0.0536. The molecule has 0 spiro atoms. The average molecular weight is 238 g/mol. The fourth-order valence-electron chi connectivity index (χ4n) is 2.56. The summed E-state index contributed by atoms with van der Waals surface area (Å²) in [4.78, 5) is 5.90. The zero-order chi connectivity index (χ0) is 11.0. The lowest BCUT2D eigenvalue weighted by Gasteiger charge is -2.20. The van der Waals surface area contributed by atoms with Crippen molar-refractivity contribution in [3.8, 4) is 0 Å². The maximum absolute atomic E-state index is 5.86. The minimum Gasteiger partial charge on any atom is -0.370 e. The standard InChI is InChI=1S/C12H18N2OS/c1-12(4-2-6-15-12)10-8-14-11(16-10)9-3-5-13-7-9/h8-9,13H,2-7H2,1H3. The largest absolute Gasteiger partial charge is 0.370 e. The van der Waals surface area contributed by atoms with Crippen LogP contribution in [0.1, 0.15) is 42.0 Å². The molecule has 0 amide bonds. The van der Waals surface area contributed by atoms with Crippen molar-refractivity contribution in [1.29, 1.82) is 0 Å². The minimum atomic E-state index is -0.0536. The lowest BCUT2D eigenvalue weighted by atomic mass is 10.0. The lowest BCUT2D eigenvalue weighted by molar-refractivity contribution is 0.0197. The fourth-order valence-corrected chi connectivity index (χ4v) is 3.74. The number of hydrogen-bond donors (Lipinski definition) is 1. The van der Waals surface area contributed by atoms with Gasteiger partial charge in [-0.2, -0.15) is 0 Å². The molecule has 0 bridgehead atoms. The van der Waals surface area contributed by atoms with Gasteiger partial charge in [-0.05, 0) is 32.7 Å². The van der Waals surface area contributed by atoms with Crippen molar-refractivity contribution < 1.29 is 4.74 Å². The molecule has 3 rings (SSSR count). The Kier molecular flexibility index (Phi) is 2.73. The molecule has 0 aromatic carbocycles. The zero-order valence-corrected chi connectivity index (χ0v) is 10.5. The van der Waals surface area contributed by atoms with Gasteiger partial charge in [0.25, 0.3) is 0 Å². The van der Waals surface area contributed by atoms with Crippen LogP contribution in [-0.2, 0) is 10.3 Å². The summed E-state index contributed by atoms with van der Waals surface area (Å²) >= 11 is 1.85. The maximum Gasteiger partial charge on any atom is 0.101 e. The van der Waals surface area contributed by atoms with Gasteiger partial charge in [-0.25, -0.2) is 4.98 Å². The first-order valence-corrected chi connectivity index (χ1v) is 6.90. The summed E-state index contributed by atoms with van der Waals surface area (Å²) in [5.41, 5.74) is -0.0536. The first-order chi connectivity index (χ1) is 7.78. The van der Waals surface area contributed by atoms with Gasteiger partial charge in [-0.3, -0.25) is 0 Å². The van der Waals surface area contributed by atoms with Gasteiger partial charge in [0, 0.05) is 25.3 Å². The Bertz CT molecular complexity index is 365. The second-order valence-electron chi connectivity index (χ2n) is 4.94. The monoisotopic (exact) mass is 238 g/mol. The maximum atomic E-state index is 5.86. The fraction of sp³-hybridized carbons (Fsp3) is 0.750. The van der Waals surface area contributed by atoms with Gasteiger partial charge in [0.05, 0.1) is 9.88 Å². The first-order valence-electron chi connectivity index (χ1n) is 6.09. The molecule has 0 saturated carbocycles. The van der Waals surface area contributed by atoms with E-state index in [1.807, 2.05) is 17.5 Å². The number of ether oxygens (including phenoxy) is 1. The Morgan fingerprint density at radius 2 is 2.56 bits per heavy atom.